The Morgan fingerprint density at radius 1 is 1.38 bits per heavy atom. The van der Waals surface area contributed by atoms with Crippen LogP contribution < -0.4 is 5.32 Å². The number of carbonyl (C=O) groups is 1. The topological polar surface area (TPSA) is 67.2 Å². The second-order valence-electron chi connectivity index (χ2n) is 5.86. The summed E-state index contributed by atoms with van der Waals surface area (Å²) in [5, 5.41) is 16.7. The zero-order chi connectivity index (χ0) is 17.7. The van der Waals surface area contributed by atoms with Crippen LogP contribution in [0.1, 0.15) is 29.3 Å². The Bertz CT molecular complexity index is 733. The van der Waals surface area contributed by atoms with Gasteiger partial charge in [-0.15, -0.1) is 0 Å². The number of aliphatic hydroxyl groups excluding tert-OH is 1. The van der Waals surface area contributed by atoms with Crippen molar-refractivity contribution in [3.63, 3.8) is 0 Å². The second kappa shape index (κ2) is 8.13. The Morgan fingerprint density at radius 2 is 2.04 bits per heavy atom. The molecule has 128 valence electrons. The molecule has 1 aromatic carbocycles. The SMILES string of the molecule is Cc1ccc(Cn2nc(C)c(/C=C/C(=O)NCC(C)O)c2Cl)cc1. The Morgan fingerprint density at radius 3 is 2.67 bits per heavy atom. The lowest BCUT2D eigenvalue weighted by Crippen LogP contribution is -2.28. The molecule has 2 rings (SSSR count). The summed E-state index contributed by atoms with van der Waals surface area (Å²) in [5.74, 6) is -0.280. The van der Waals surface area contributed by atoms with Gasteiger partial charge in [0.05, 0.1) is 18.3 Å². The third-order valence-electron chi connectivity index (χ3n) is 3.54. The van der Waals surface area contributed by atoms with E-state index in [9.17, 15) is 4.79 Å². The molecule has 0 aliphatic heterocycles. The molecule has 0 aliphatic rings. The van der Waals surface area contributed by atoms with Crippen molar-refractivity contribution < 1.29 is 9.90 Å². The quantitative estimate of drug-likeness (QED) is 0.789. The summed E-state index contributed by atoms with van der Waals surface area (Å²) in [6.07, 6.45) is 2.47. The first kappa shape index (κ1) is 18.2. The molecule has 0 saturated carbocycles. The van der Waals surface area contributed by atoms with Gasteiger partial charge in [0.15, 0.2) is 0 Å². The highest BCUT2D eigenvalue weighted by Gasteiger charge is 2.12. The molecule has 24 heavy (non-hydrogen) atoms. The van der Waals surface area contributed by atoms with Crippen LogP contribution in [0.2, 0.25) is 5.15 Å². The van der Waals surface area contributed by atoms with Gasteiger partial charge < -0.3 is 10.4 Å². The van der Waals surface area contributed by atoms with Gasteiger partial charge in [0.2, 0.25) is 5.91 Å². The van der Waals surface area contributed by atoms with Gasteiger partial charge in [0.1, 0.15) is 5.15 Å². The Hall–Kier alpha value is -2.11. The number of nitrogens with zero attached hydrogens (tertiary/aromatic N) is 2. The smallest absolute Gasteiger partial charge is 0.244 e. The predicted molar refractivity (Wildman–Crippen MR) is 96.0 cm³/mol. The molecule has 0 radical (unpaired) electrons. The van der Waals surface area contributed by atoms with Crippen LogP contribution in [-0.4, -0.2) is 33.4 Å². The van der Waals surface area contributed by atoms with Crippen molar-refractivity contribution in [3.8, 4) is 0 Å². The van der Waals surface area contributed by atoms with Crippen molar-refractivity contribution in [1.29, 1.82) is 0 Å². The molecule has 1 unspecified atom stereocenters. The number of halogens is 1. The van der Waals surface area contributed by atoms with Crippen LogP contribution in [0, 0.1) is 13.8 Å². The fraction of sp³-hybridized carbons (Fsp3) is 0.333. The summed E-state index contributed by atoms with van der Waals surface area (Å²) in [6.45, 7) is 6.29. The number of aryl methyl sites for hydroxylation is 2. The van der Waals surface area contributed by atoms with Crippen molar-refractivity contribution in [1.82, 2.24) is 15.1 Å². The maximum atomic E-state index is 11.7. The van der Waals surface area contributed by atoms with Crippen LogP contribution in [0.3, 0.4) is 0 Å². The number of carbonyl (C=O) groups excluding carboxylic acids is 1. The van der Waals surface area contributed by atoms with E-state index in [0.717, 1.165) is 16.8 Å². The van der Waals surface area contributed by atoms with Gasteiger partial charge in [-0.3, -0.25) is 4.79 Å². The van der Waals surface area contributed by atoms with Gasteiger partial charge in [0, 0.05) is 18.2 Å². The molecule has 0 spiro atoms. The lowest BCUT2D eigenvalue weighted by molar-refractivity contribution is -0.116. The van der Waals surface area contributed by atoms with Crippen molar-refractivity contribution >= 4 is 23.6 Å². The standard InChI is InChI=1S/C18H22ClN3O2/c1-12-4-6-15(7-5-12)11-22-18(19)16(14(3)21-22)8-9-17(24)20-10-13(2)23/h4-9,13,23H,10-11H2,1-3H3,(H,20,24)/b9-8+. The minimum Gasteiger partial charge on any atom is -0.392 e. The van der Waals surface area contributed by atoms with Crippen molar-refractivity contribution in [2.45, 2.75) is 33.4 Å². The molecule has 5 nitrogen and oxygen atoms in total. The van der Waals surface area contributed by atoms with Gasteiger partial charge in [-0.25, -0.2) is 4.68 Å². The van der Waals surface area contributed by atoms with E-state index >= 15 is 0 Å². The number of aliphatic hydroxyl groups is 1. The number of benzene rings is 1. The van der Waals surface area contributed by atoms with Crippen LogP contribution in [-0.2, 0) is 11.3 Å². The summed E-state index contributed by atoms with van der Waals surface area (Å²) in [5.41, 5.74) is 3.78. The predicted octanol–water partition coefficient (Wildman–Crippen LogP) is 2.71. The fourth-order valence-corrected chi connectivity index (χ4v) is 2.49. The van der Waals surface area contributed by atoms with E-state index in [1.165, 1.54) is 11.6 Å². The normalized spacial score (nSPS) is 12.5. The fourth-order valence-electron chi connectivity index (χ4n) is 2.19. The third kappa shape index (κ3) is 4.94. The first-order valence-corrected chi connectivity index (χ1v) is 8.17. The molecule has 0 aliphatic carbocycles. The van der Waals surface area contributed by atoms with Gasteiger partial charge in [-0.05, 0) is 32.4 Å². The van der Waals surface area contributed by atoms with E-state index in [0.29, 0.717) is 11.7 Å². The zero-order valence-electron chi connectivity index (χ0n) is 14.1. The largest absolute Gasteiger partial charge is 0.392 e. The van der Waals surface area contributed by atoms with Crippen LogP contribution in [0.25, 0.3) is 6.08 Å². The lowest BCUT2D eigenvalue weighted by Gasteiger charge is -2.04. The molecule has 0 fully saturated rings. The number of aromatic nitrogens is 2. The molecular weight excluding hydrogens is 326 g/mol. The minimum absolute atomic E-state index is 0.211. The summed E-state index contributed by atoms with van der Waals surface area (Å²) in [6, 6.07) is 8.18. The Balaban J connectivity index is 2.11. The first-order valence-electron chi connectivity index (χ1n) is 7.79. The summed E-state index contributed by atoms with van der Waals surface area (Å²) >= 11 is 6.40. The maximum absolute atomic E-state index is 11.7. The van der Waals surface area contributed by atoms with Crippen LogP contribution in [0.5, 0.6) is 0 Å². The number of hydrogen-bond acceptors (Lipinski definition) is 3. The van der Waals surface area contributed by atoms with Crippen molar-refractivity contribution in [2.24, 2.45) is 0 Å². The first-order chi connectivity index (χ1) is 11.4. The third-order valence-corrected chi connectivity index (χ3v) is 3.93. The highest BCUT2D eigenvalue weighted by molar-refractivity contribution is 6.31. The van der Waals surface area contributed by atoms with Crippen LogP contribution >= 0.6 is 11.6 Å². The molecule has 1 atom stereocenters. The lowest BCUT2D eigenvalue weighted by atomic mass is 10.1. The Kier molecular flexibility index (Phi) is 6.17. The van der Waals surface area contributed by atoms with Gasteiger partial charge >= 0.3 is 0 Å². The molecule has 0 bridgehead atoms. The molecular formula is C18H22ClN3O2. The summed E-state index contributed by atoms with van der Waals surface area (Å²) < 4.78 is 1.72. The number of hydrogen-bond donors (Lipinski definition) is 2. The number of nitrogens with one attached hydrogen (secondary N) is 1. The van der Waals surface area contributed by atoms with E-state index < -0.39 is 6.10 Å². The van der Waals surface area contributed by atoms with Gasteiger partial charge in [-0.1, -0.05) is 41.4 Å². The van der Waals surface area contributed by atoms with Crippen LogP contribution in [0.4, 0.5) is 0 Å². The molecule has 1 aromatic heterocycles. The summed E-state index contributed by atoms with van der Waals surface area (Å²) in [7, 11) is 0. The van der Waals surface area contributed by atoms with E-state index in [1.807, 2.05) is 38.1 Å². The minimum atomic E-state index is -0.579. The number of rotatable bonds is 6. The molecule has 1 amide bonds. The van der Waals surface area contributed by atoms with Gasteiger partial charge in [0.25, 0.3) is 0 Å². The van der Waals surface area contributed by atoms with E-state index in [-0.39, 0.29) is 12.5 Å². The van der Waals surface area contributed by atoms with E-state index in [4.69, 9.17) is 16.7 Å². The molecule has 6 heteroatoms. The average Bonchev–Trinajstić information content (AvgIpc) is 2.79. The molecule has 0 saturated heterocycles. The maximum Gasteiger partial charge on any atom is 0.244 e. The van der Waals surface area contributed by atoms with Gasteiger partial charge in [-0.2, -0.15) is 5.10 Å². The monoisotopic (exact) mass is 347 g/mol. The molecule has 2 aromatic rings. The van der Waals surface area contributed by atoms with Crippen molar-refractivity contribution in [2.75, 3.05) is 6.54 Å². The average molecular weight is 348 g/mol. The highest BCUT2D eigenvalue weighted by Crippen LogP contribution is 2.22. The Labute approximate surface area is 146 Å². The molecule has 2 N–H and O–H groups in total. The van der Waals surface area contributed by atoms with Crippen molar-refractivity contribution in [3.05, 3.63) is 57.9 Å². The second-order valence-corrected chi connectivity index (χ2v) is 6.22. The zero-order valence-corrected chi connectivity index (χ0v) is 14.8. The van der Waals surface area contributed by atoms with E-state index in [1.54, 1.807) is 17.7 Å². The highest BCUT2D eigenvalue weighted by atomic mass is 35.5. The number of amides is 1. The van der Waals surface area contributed by atoms with E-state index in [2.05, 4.69) is 10.4 Å². The molecule has 1 heterocycles. The van der Waals surface area contributed by atoms with Crippen LogP contribution in [0.15, 0.2) is 30.3 Å². The summed E-state index contributed by atoms with van der Waals surface area (Å²) in [4.78, 5) is 11.7.